The largest absolute Gasteiger partial charge is 0.0925 e. The standard InChI is InChI=1S/C18H37Br/c1-14(11-17(3,4)5)9-10-16(13-19)15(2)12-18(6,7)8/h14-16H,9-13H2,1-8H3. The summed E-state index contributed by atoms with van der Waals surface area (Å²) in [4.78, 5) is 0. The molecule has 0 nitrogen and oxygen atoms in total. The molecule has 19 heavy (non-hydrogen) atoms. The van der Waals surface area contributed by atoms with Crippen LogP contribution in [-0.4, -0.2) is 5.33 Å². The number of alkyl halides is 1. The Balaban J connectivity index is 4.19. The van der Waals surface area contributed by atoms with Crippen LogP contribution in [0, 0.1) is 28.6 Å². The summed E-state index contributed by atoms with van der Waals surface area (Å²) in [5.74, 6) is 2.51. The van der Waals surface area contributed by atoms with Gasteiger partial charge in [0.05, 0.1) is 0 Å². The summed E-state index contributed by atoms with van der Waals surface area (Å²) >= 11 is 3.74. The van der Waals surface area contributed by atoms with Crippen molar-refractivity contribution in [3.8, 4) is 0 Å². The van der Waals surface area contributed by atoms with Crippen LogP contribution in [0.2, 0.25) is 0 Å². The molecule has 0 aliphatic rings. The van der Waals surface area contributed by atoms with E-state index in [9.17, 15) is 0 Å². The highest BCUT2D eigenvalue weighted by Crippen LogP contribution is 2.34. The van der Waals surface area contributed by atoms with Crippen LogP contribution in [0.15, 0.2) is 0 Å². The van der Waals surface area contributed by atoms with Crippen LogP contribution in [0.25, 0.3) is 0 Å². The van der Waals surface area contributed by atoms with Crippen molar-refractivity contribution in [1.82, 2.24) is 0 Å². The topological polar surface area (TPSA) is 0 Å². The highest BCUT2D eigenvalue weighted by molar-refractivity contribution is 9.09. The summed E-state index contributed by atoms with van der Waals surface area (Å²) < 4.78 is 0. The van der Waals surface area contributed by atoms with Gasteiger partial charge in [-0.2, -0.15) is 0 Å². The van der Waals surface area contributed by atoms with E-state index in [0.29, 0.717) is 10.8 Å². The maximum absolute atomic E-state index is 3.74. The lowest BCUT2D eigenvalue weighted by molar-refractivity contribution is 0.225. The number of halogens is 1. The molecule has 0 radical (unpaired) electrons. The van der Waals surface area contributed by atoms with Crippen LogP contribution in [0.5, 0.6) is 0 Å². The first kappa shape index (κ1) is 19.5. The first-order valence-electron chi connectivity index (χ1n) is 8.00. The van der Waals surface area contributed by atoms with Gasteiger partial charge in [0.25, 0.3) is 0 Å². The molecule has 0 amide bonds. The minimum Gasteiger partial charge on any atom is -0.0925 e. The quantitative estimate of drug-likeness (QED) is 0.443. The van der Waals surface area contributed by atoms with Crippen molar-refractivity contribution in [2.75, 3.05) is 5.33 Å². The predicted molar refractivity (Wildman–Crippen MR) is 93.0 cm³/mol. The molecule has 0 saturated carbocycles. The minimum absolute atomic E-state index is 0.455. The predicted octanol–water partition coefficient (Wildman–Crippen LogP) is 6.92. The Hall–Kier alpha value is 0.480. The summed E-state index contributed by atoms with van der Waals surface area (Å²) in [7, 11) is 0. The molecule has 0 fully saturated rings. The monoisotopic (exact) mass is 332 g/mol. The highest BCUT2D eigenvalue weighted by Gasteiger charge is 2.23. The third-order valence-corrected chi connectivity index (χ3v) is 4.76. The molecule has 0 aliphatic heterocycles. The Morgan fingerprint density at radius 3 is 1.63 bits per heavy atom. The van der Waals surface area contributed by atoms with E-state index in [2.05, 4.69) is 71.3 Å². The first-order chi connectivity index (χ1) is 8.44. The van der Waals surface area contributed by atoms with E-state index in [4.69, 9.17) is 0 Å². The zero-order chi connectivity index (χ0) is 15.3. The van der Waals surface area contributed by atoms with Crippen LogP contribution in [0.3, 0.4) is 0 Å². The fraction of sp³-hybridized carbons (Fsp3) is 1.00. The average Bonchev–Trinajstić information content (AvgIpc) is 2.12. The van der Waals surface area contributed by atoms with Gasteiger partial charge in [0.1, 0.15) is 0 Å². The molecule has 0 rings (SSSR count). The van der Waals surface area contributed by atoms with Crippen LogP contribution >= 0.6 is 15.9 Å². The zero-order valence-electron chi connectivity index (χ0n) is 14.6. The summed E-state index contributed by atoms with van der Waals surface area (Å²) in [6, 6.07) is 0. The van der Waals surface area contributed by atoms with Gasteiger partial charge in [0, 0.05) is 5.33 Å². The van der Waals surface area contributed by atoms with E-state index >= 15 is 0 Å². The van der Waals surface area contributed by atoms with Crippen molar-refractivity contribution in [1.29, 1.82) is 0 Å². The van der Waals surface area contributed by atoms with Gasteiger partial charge in [-0.3, -0.25) is 0 Å². The second kappa shape index (κ2) is 8.05. The Kier molecular flexibility index (Phi) is 8.26. The minimum atomic E-state index is 0.455. The second-order valence-electron chi connectivity index (χ2n) is 9.10. The van der Waals surface area contributed by atoms with E-state index in [1.54, 1.807) is 0 Å². The summed E-state index contributed by atoms with van der Waals surface area (Å²) in [5.41, 5.74) is 0.928. The molecule has 3 unspecified atom stereocenters. The van der Waals surface area contributed by atoms with E-state index < -0.39 is 0 Å². The smallest absolute Gasteiger partial charge is 0.00622 e. The molecule has 0 bridgehead atoms. The maximum atomic E-state index is 3.74. The van der Waals surface area contributed by atoms with Gasteiger partial charge < -0.3 is 0 Å². The van der Waals surface area contributed by atoms with E-state index in [-0.39, 0.29) is 0 Å². The third-order valence-electron chi connectivity index (χ3n) is 3.93. The van der Waals surface area contributed by atoms with Gasteiger partial charge in [0.15, 0.2) is 0 Å². The second-order valence-corrected chi connectivity index (χ2v) is 9.75. The van der Waals surface area contributed by atoms with Crippen molar-refractivity contribution < 1.29 is 0 Å². The van der Waals surface area contributed by atoms with Gasteiger partial charge in [-0.25, -0.2) is 0 Å². The van der Waals surface area contributed by atoms with Crippen LogP contribution in [0.4, 0.5) is 0 Å². The fourth-order valence-corrected chi connectivity index (χ4v) is 4.25. The summed E-state index contributed by atoms with van der Waals surface area (Å²) in [6.07, 6.45) is 5.42. The van der Waals surface area contributed by atoms with Crippen molar-refractivity contribution >= 4 is 15.9 Å². The number of hydrogen-bond acceptors (Lipinski definition) is 0. The van der Waals surface area contributed by atoms with Crippen molar-refractivity contribution in [3.63, 3.8) is 0 Å². The van der Waals surface area contributed by atoms with Crippen molar-refractivity contribution in [3.05, 3.63) is 0 Å². The molecule has 3 atom stereocenters. The molecular weight excluding hydrogens is 296 g/mol. The molecule has 0 spiro atoms. The van der Waals surface area contributed by atoms with Crippen LogP contribution in [-0.2, 0) is 0 Å². The van der Waals surface area contributed by atoms with Gasteiger partial charge in [-0.05, 0) is 47.8 Å². The van der Waals surface area contributed by atoms with E-state index in [0.717, 1.165) is 23.1 Å². The van der Waals surface area contributed by atoms with Crippen LogP contribution < -0.4 is 0 Å². The molecule has 0 aromatic carbocycles. The Labute approximate surface area is 131 Å². The molecular formula is C18H37Br. The SMILES string of the molecule is CC(CCC(CBr)C(C)CC(C)(C)C)CC(C)(C)C. The number of hydrogen-bond donors (Lipinski definition) is 0. The zero-order valence-corrected chi connectivity index (χ0v) is 16.2. The Bertz CT molecular complexity index is 231. The number of rotatable bonds is 7. The molecule has 116 valence electrons. The summed E-state index contributed by atoms with van der Waals surface area (Å²) in [6.45, 7) is 19.0. The molecule has 0 aliphatic carbocycles. The normalized spacial score (nSPS) is 18.2. The molecule has 0 N–H and O–H groups in total. The van der Waals surface area contributed by atoms with Crippen LogP contribution in [0.1, 0.15) is 81.1 Å². The summed E-state index contributed by atoms with van der Waals surface area (Å²) in [5, 5.41) is 1.16. The van der Waals surface area contributed by atoms with Crippen molar-refractivity contribution in [2.24, 2.45) is 28.6 Å². The van der Waals surface area contributed by atoms with Gasteiger partial charge >= 0.3 is 0 Å². The fourth-order valence-electron chi connectivity index (χ4n) is 3.29. The lowest BCUT2D eigenvalue weighted by atomic mass is 9.77. The Morgan fingerprint density at radius 1 is 0.789 bits per heavy atom. The van der Waals surface area contributed by atoms with E-state index in [1.165, 1.54) is 25.7 Å². The van der Waals surface area contributed by atoms with Crippen molar-refractivity contribution in [2.45, 2.75) is 81.1 Å². The lowest BCUT2D eigenvalue weighted by Gasteiger charge is -2.30. The maximum Gasteiger partial charge on any atom is 0.00622 e. The molecule has 0 heterocycles. The van der Waals surface area contributed by atoms with Gasteiger partial charge in [-0.1, -0.05) is 77.7 Å². The van der Waals surface area contributed by atoms with Gasteiger partial charge in [0.2, 0.25) is 0 Å². The molecule has 0 aromatic rings. The molecule has 1 heteroatoms. The van der Waals surface area contributed by atoms with Gasteiger partial charge in [-0.15, -0.1) is 0 Å². The average molecular weight is 333 g/mol. The lowest BCUT2D eigenvalue weighted by Crippen LogP contribution is -2.21. The molecule has 0 saturated heterocycles. The third kappa shape index (κ3) is 10.9. The van der Waals surface area contributed by atoms with E-state index in [1.807, 2.05) is 0 Å². The molecule has 0 aromatic heterocycles. The first-order valence-corrected chi connectivity index (χ1v) is 9.13. The Morgan fingerprint density at radius 2 is 1.26 bits per heavy atom. The highest BCUT2D eigenvalue weighted by atomic mass is 79.9.